The summed E-state index contributed by atoms with van der Waals surface area (Å²) in [5.41, 5.74) is 0.859. The smallest absolute Gasteiger partial charge is 0.307 e. The standard InChI is InChI=1S/C20H22ClNO5S/c1-20(2)11-14(12-22-28(25,26)16-8-6-15(21)7-9-16)17-5-3-4-13(10-18(23)24)19(17)27-20/h3-9,14,22H,10-12H2,1-2H3,(H,23,24). The van der Waals surface area contributed by atoms with E-state index in [0.717, 1.165) is 5.56 Å². The quantitative estimate of drug-likeness (QED) is 0.740. The summed E-state index contributed by atoms with van der Waals surface area (Å²) < 4.78 is 33.9. The van der Waals surface area contributed by atoms with E-state index in [1.54, 1.807) is 12.1 Å². The highest BCUT2D eigenvalue weighted by atomic mass is 35.5. The van der Waals surface area contributed by atoms with Gasteiger partial charge in [-0.05, 0) is 50.1 Å². The molecule has 0 aliphatic carbocycles. The van der Waals surface area contributed by atoms with E-state index in [9.17, 15) is 13.2 Å². The third kappa shape index (κ3) is 4.66. The molecule has 0 radical (unpaired) electrons. The van der Waals surface area contributed by atoms with Gasteiger partial charge in [-0.15, -0.1) is 0 Å². The lowest BCUT2D eigenvalue weighted by atomic mass is 9.83. The molecule has 0 fully saturated rings. The summed E-state index contributed by atoms with van der Waals surface area (Å²) in [5.74, 6) is -0.549. The van der Waals surface area contributed by atoms with Crippen LogP contribution in [0.15, 0.2) is 47.4 Å². The van der Waals surface area contributed by atoms with Gasteiger partial charge in [0.25, 0.3) is 0 Å². The van der Waals surface area contributed by atoms with E-state index < -0.39 is 21.6 Å². The second-order valence-corrected chi connectivity index (χ2v) is 9.68. The largest absolute Gasteiger partial charge is 0.487 e. The van der Waals surface area contributed by atoms with Crippen molar-refractivity contribution in [3.8, 4) is 5.75 Å². The average molecular weight is 424 g/mol. The molecule has 1 aliphatic rings. The highest BCUT2D eigenvalue weighted by Crippen LogP contribution is 2.42. The van der Waals surface area contributed by atoms with Gasteiger partial charge < -0.3 is 9.84 Å². The van der Waals surface area contributed by atoms with E-state index in [4.69, 9.17) is 21.4 Å². The first-order chi connectivity index (χ1) is 13.1. The molecule has 6 nitrogen and oxygen atoms in total. The van der Waals surface area contributed by atoms with Gasteiger partial charge in [0.2, 0.25) is 10.0 Å². The zero-order valence-electron chi connectivity index (χ0n) is 15.6. The van der Waals surface area contributed by atoms with Gasteiger partial charge in [-0.3, -0.25) is 4.79 Å². The van der Waals surface area contributed by atoms with Gasteiger partial charge in [0, 0.05) is 23.0 Å². The van der Waals surface area contributed by atoms with Crippen molar-refractivity contribution in [1.29, 1.82) is 0 Å². The van der Waals surface area contributed by atoms with Crippen LogP contribution >= 0.6 is 11.6 Å². The molecule has 2 aromatic rings. The summed E-state index contributed by atoms with van der Waals surface area (Å²) in [7, 11) is -3.69. The molecule has 0 bridgehead atoms. The van der Waals surface area contributed by atoms with Crippen LogP contribution in [0.1, 0.15) is 37.3 Å². The predicted molar refractivity (Wildman–Crippen MR) is 106 cm³/mol. The summed E-state index contributed by atoms with van der Waals surface area (Å²) in [6, 6.07) is 11.3. The Hall–Kier alpha value is -2.09. The number of carboxylic acid groups (broad SMARTS) is 1. The Bertz CT molecular complexity index is 986. The van der Waals surface area contributed by atoms with Gasteiger partial charge in [-0.2, -0.15) is 0 Å². The molecule has 2 aromatic carbocycles. The summed E-state index contributed by atoms with van der Waals surface area (Å²) in [4.78, 5) is 11.3. The van der Waals surface area contributed by atoms with Crippen LogP contribution in [0.3, 0.4) is 0 Å². The molecule has 3 rings (SSSR count). The Kier molecular flexibility index (Phi) is 5.70. The molecular weight excluding hydrogens is 402 g/mol. The lowest BCUT2D eigenvalue weighted by Gasteiger charge is -2.38. The summed E-state index contributed by atoms with van der Waals surface area (Å²) >= 11 is 5.83. The number of hydrogen-bond acceptors (Lipinski definition) is 4. The van der Waals surface area contributed by atoms with E-state index in [1.807, 2.05) is 19.9 Å². The molecule has 150 valence electrons. The van der Waals surface area contributed by atoms with Gasteiger partial charge in [0.05, 0.1) is 11.3 Å². The first kappa shape index (κ1) is 20.6. The summed E-state index contributed by atoms with van der Waals surface area (Å²) in [6.45, 7) is 4.00. The fourth-order valence-electron chi connectivity index (χ4n) is 3.46. The third-order valence-electron chi connectivity index (χ3n) is 4.67. The number of rotatable bonds is 6. The molecule has 0 aromatic heterocycles. The number of hydrogen-bond donors (Lipinski definition) is 2. The number of fused-ring (bicyclic) bond motifs is 1. The maximum absolute atomic E-state index is 12.6. The molecule has 8 heteroatoms. The monoisotopic (exact) mass is 423 g/mol. The Labute approximate surface area is 169 Å². The van der Waals surface area contributed by atoms with Crippen LogP contribution < -0.4 is 9.46 Å². The van der Waals surface area contributed by atoms with Crippen LogP contribution in [0.5, 0.6) is 5.75 Å². The van der Waals surface area contributed by atoms with Gasteiger partial charge in [0.15, 0.2) is 0 Å². The molecule has 1 aliphatic heterocycles. The van der Waals surface area contributed by atoms with Crippen LogP contribution in [0.2, 0.25) is 5.02 Å². The lowest BCUT2D eigenvalue weighted by Crippen LogP contribution is -2.39. The Morgan fingerprint density at radius 2 is 1.93 bits per heavy atom. The number of benzene rings is 2. The van der Waals surface area contributed by atoms with E-state index in [0.29, 0.717) is 22.8 Å². The van der Waals surface area contributed by atoms with Crippen LogP contribution in [0, 0.1) is 0 Å². The molecule has 0 spiro atoms. The number of carboxylic acids is 1. The normalized spacial score (nSPS) is 18.2. The number of sulfonamides is 1. The van der Waals surface area contributed by atoms with Crippen molar-refractivity contribution in [1.82, 2.24) is 4.72 Å². The second-order valence-electron chi connectivity index (χ2n) is 7.47. The Morgan fingerprint density at radius 1 is 1.25 bits per heavy atom. The number of aliphatic carboxylic acids is 1. The number of para-hydroxylation sites is 1. The molecule has 0 amide bonds. The van der Waals surface area contributed by atoms with Gasteiger partial charge in [-0.1, -0.05) is 29.8 Å². The molecule has 0 saturated carbocycles. The van der Waals surface area contributed by atoms with Crippen LogP contribution in [-0.2, 0) is 21.2 Å². The molecule has 0 saturated heterocycles. The molecule has 1 heterocycles. The first-order valence-corrected chi connectivity index (χ1v) is 10.7. The van der Waals surface area contributed by atoms with Crippen LogP contribution in [0.4, 0.5) is 0 Å². The Balaban J connectivity index is 1.87. The van der Waals surface area contributed by atoms with E-state index in [1.165, 1.54) is 24.3 Å². The van der Waals surface area contributed by atoms with Crippen LogP contribution in [0.25, 0.3) is 0 Å². The zero-order valence-corrected chi connectivity index (χ0v) is 17.2. The van der Waals surface area contributed by atoms with Crippen molar-refractivity contribution in [2.24, 2.45) is 0 Å². The second kappa shape index (κ2) is 7.73. The van der Waals surface area contributed by atoms with Crippen molar-refractivity contribution in [2.75, 3.05) is 6.54 Å². The summed E-state index contributed by atoms with van der Waals surface area (Å²) in [5, 5.41) is 9.63. The molecule has 2 N–H and O–H groups in total. The number of nitrogens with one attached hydrogen (secondary N) is 1. The van der Waals surface area contributed by atoms with E-state index in [2.05, 4.69) is 4.72 Å². The minimum Gasteiger partial charge on any atom is -0.487 e. The van der Waals surface area contributed by atoms with Gasteiger partial charge in [-0.25, -0.2) is 13.1 Å². The molecule has 1 unspecified atom stereocenters. The topological polar surface area (TPSA) is 92.7 Å². The highest BCUT2D eigenvalue weighted by Gasteiger charge is 2.35. The van der Waals surface area contributed by atoms with Crippen molar-refractivity contribution in [2.45, 2.75) is 43.1 Å². The fraction of sp³-hybridized carbons (Fsp3) is 0.350. The minimum absolute atomic E-state index is 0.142. The van der Waals surface area contributed by atoms with Crippen molar-refractivity contribution >= 4 is 27.6 Å². The van der Waals surface area contributed by atoms with Gasteiger partial charge >= 0.3 is 5.97 Å². The third-order valence-corrected chi connectivity index (χ3v) is 6.36. The van der Waals surface area contributed by atoms with E-state index >= 15 is 0 Å². The summed E-state index contributed by atoms with van der Waals surface area (Å²) in [6.07, 6.45) is 0.447. The number of carbonyl (C=O) groups is 1. The molecule has 1 atom stereocenters. The van der Waals surface area contributed by atoms with Crippen molar-refractivity contribution in [3.63, 3.8) is 0 Å². The predicted octanol–water partition coefficient (Wildman–Crippen LogP) is 3.59. The Morgan fingerprint density at radius 3 is 2.57 bits per heavy atom. The number of ether oxygens (including phenoxy) is 1. The first-order valence-electron chi connectivity index (χ1n) is 8.85. The number of halogens is 1. The lowest BCUT2D eigenvalue weighted by molar-refractivity contribution is -0.136. The maximum atomic E-state index is 12.6. The molecular formula is C20H22ClNO5S. The fourth-order valence-corrected chi connectivity index (χ4v) is 4.67. The average Bonchev–Trinajstić information content (AvgIpc) is 2.60. The van der Waals surface area contributed by atoms with Crippen molar-refractivity contribution < 1.29 is 23.1 Å². The van der Waals surface area contributed by atoms with Crippen LogP contribution in [-0.4, -0.2) is 31.6 Å². The van der Waals surface area contributed by atoms with E-state index in [-0.39, 0.29) is 23.8 Å². The van der Waals surface area contributed by atoms with Crippen molar-refractivity contribution in [3.05, 3.63) is 58.6 Å². The zero-order chi connectivity index (χ0) is 20.5. The SMILES string of the molecule is CC1(C)CC(CNS(=O)(=O)c2ccc(Cl)cc2)c2cccc(CC(=O)O)c2O1. The van der Waals surface area contributed by atoms with Gasteiger partial charge in [0.1, 0.15) is 11.4 Å². The minimum atomic E-state index is -3.69. The molecule has 28 heavy (non-hydrogen) atoms. The highest BCUT2D eigenvalue weighted by molar-refractivity contribution is 7.89. The maximum Gasteiger partial charge on any atom is 0.307 e.